The molecular weight excluding hydrogens is 416 g/mol. The minimum Gasteiger partial charge on any atom is -0.493 e. The second-order valence-electron chi connectivity index (χ2n) is 7.34. The fourth-order valence-corrected chi connectivity index (χ4v) is 4.89. The lowest BCUT2D eigenvalue weighted by molar-refractivity contribution is -0.116. The number of ketones is 1. The van der Waals surface area contributed by atoms with Crippen molar-refractivity contribution in [3.63, 3.8) is 0 Å². The Labute approximate surface area is 183 Å². The number of carbonyl (C=O) groups is 1. The Hall–Kier alpha value is -3.33. The van der Waals surface area contributed by atoms with Gasteiger partial charge in [-0.05, 0) is 42.0 Å². The van der Waals surface area contributed by atoms with Gasteiger partial charge < -0.3 is 19.5 Å². The molecule has 1 unspecified atom stereocenters. The molecule has 8 nitrogen and oxygen atoms in total. The van der Waals surface area contributed by atoms with Gasteiger partial charge in [0.15, 0.2) is 23.1 Å². The zero-order chi connectivity index (χ0) is 21.5. The van der Waals surface area contributed by atoms with Crippen molar-refractivity contribution in [3.05, 3.63) is 46.5 Å². The molecule has 3 heterocycles. The fourth-order valence-electron chi connectivity index (χ4n) is 4.23. The van der Waals surface area contributed by atoms with Gasteiger partial charge in [-0.1, -0.05) is 6.07 Å². The van der Waals surface area contributed by atoms with Crippen molar-refractivity contribution < 1.29 is 19.0 Å². The van der Waals surface area contributed by atoms with E-state index in [0.717, 1.165) is 34.6 Å². The van der Waals surface area contributed by atoms with E-state index in [1.54, 1.807) is 37.3 Å². The zero-order valence-electron chi connectivity index (χ0n) is 17.5. The number of aromatic nitrogens is 3. The highest BCUT2D eigenvalue weighted by Crippen LogP contribution is 2.45. The zero-order valence-corrected chi connectivity index (χ0v) is 18.3. The highest BCUT2D eigenvalue weighted by atomic mass is 32.1. The van der Waals surface area contributed by atoms with Gasteiger partial charge in [-0.2, -0.15) is 4.98 Å². The van der Waals surface area contributed by atoms with Crippen LogP contribution in [0.3, 0.4) is 0 Å². The molecule has 2 aliphatic rings. The molecule has 9 heteroatoms. The van der Waals surface area contributed by atoms with Crippen LogP contribution in [0.15, 0.2) is 40.9 Å². The Kier molecular flexibility index (Phi) is 4.90. The summed E-state index contributed by atoms with van der Waals surface area (Å²) in [6, 6.07) is 7.27. The number of hydrogen-bond donors (Lipinski definition) is 1. The summed E-state index contributed by atoms with van der Waals surface area (Å²) < 4.78 is 18.4. The highest BCUT2D eigenvalue weighted by molar-refractivity contribution is 7.13. The number of nitrogens with zero attached hydrogens (tertiary/aromatic N) is 3. The van der Waals surface area contributed by atoms with Crippen molar-refractivity contribution in [2.75, 3.05) is 26.6 Å². The van der Waals surface area contributed by atoms with E-state index in [1.165, 1.54) is 0 Å². The molecule has 0 radical (unpaired) electrons. The third-order valence-electron chi connectivity index (χ3n) is 5.61. The van der Waals surface area contributed by atoms with Crippen LogP contribution < -0.4 is 19.5 Å². The Bertz CT molecular complexity index is 1160. The Balaban J connectivity index is 1.72. The summed E-state index contributed by atoms with van der Waals surface area (Å²) in [4.78, 5) is 18.7. The molecule has 160 valence electrons. The predicted octanol–water partition coefficient (Wildman–Crippen LogP) is 4.05. The minimum atomic E-state index is -0.436. The fraction of sp³-hybridized carbons (Fsp3) is 0.318. The van der Waals surface area contributed by atoms with Gasteiger partial charge in [-0.15, -0.1) is 16.4 Å². The number of fused-ring (bicyclic) bond motifs is 1. The largest absolute Gasteiger partial charge is 0.493 e. The van der Waals surface area contributed by atoms with E-state index >= 15 is 0 Å². The normalized spacial score (nSPS) is 17.6. The van der Waals surface area contributed by atoms with Crippen LogP contribution in [0.5, 0.6) is 17.2 Å². The molecule has 0 spiro atoms. The number of methoxy groups -OCH3 is 3. The second kappa shape index (κ2) is 7.73. The molecule has 0 amide bonds. The smallest absolute Gasteiger partial charge is 0.226 e. The summed E-state index contributed by atoms with van der Waals surface area (Å²) in [5, 5.41) is 10.1. The number of Topliss-reactive ketones (excluding diaryl/α,β-unsaturated/α-hetero) is 1. The first-order chi connectivity index (χ1) is 15.1. The first-order valence-corrected chi connectivity index (χ1v) is 10.9. The van der Waals surface area contributed by atoms with Crippen LogP contribution in [-0.4, -0.2) is 41.9 Å². The van der Waals surface area contributed by atoms with Crippen LogP contribution in [0.2, 0.25) is 0 Å². The van der Waals surface area contributed by atoms with E-state index in [2.05, 4.69) is 5.32 Å². The molecule has 0 bridgehead atoms. The third kappa shape index (κ3) is 3.16. The van der Waals surface area contributed by atoms with E-state index in [4.69, 9.17) is 24.3 Å². The lowest BCUT2D eigenvalue weighted by Gasteiger charge is -2.32. The number of benzene rings is 1. The van der Waals surface area contributed by atoms with Crippen LogP contribution in [0.4, 0.5) is 5.95 Å². The maximum Gasteiger partial charge on any atom is 0.226 e. The maximum atomic E-state index is 13.0. The molecule has 1 atom stereocenters. The van der Waals surface area contributed by atoms with Crippen molar-refractivity contribution in [1.82, 2.24) is 14.8 Å². The van der Waals surface area contributed by atoms with Crippen molar-refractivity contribution in [2.45, 2.75) is 25.3 Å². The number of ether oxygens (including phenoxy) is 3. The summed E-state index contributed by atoms with van der Waals surface area (Å²) in [6.07, 6.45) is 2.13. The Morgan fingerprint density at radius 3 is 2.55 bits per heavy atom. The van der Waals surface area contributed by atoms with Gasteiger partial charge in [0.25, 0.3) is 0 Å². The maximum absolute atomic E-state index is 13.0. The SMILES string of the molecule is COc1cc(C2C3=C(CCCC3=O)Nc3nc(-c4cccs4)nn32)cc(OC)c1OC. The quantitative estimate of drug-likeness (QED) is 0.643. The number of thiophene rings is 1. The number of nitrogens with one attached hydrogen (secondary N) is 1. The molecule has 0 saturated carbocycles. The molecule has 1 aromatic carbocycles. The standard InChI is InChI=1S/C22H22N4O4S/c1-28-15-10-12(11-16(29-2)20(15)30-3)19-18-13(6-4-7-14(18)27)23-22-24-21(25-26(19)22)17-8-5-9-31-17/h5,8-11,19H,4,6-7H2,1-3H3,(H,23,24,25). The van der Waals surface area contributed by atoms with E-state index in [0.29, 0.717) is 35.4 Å². The number of allylic oxidation sites excluding steroid dienone is 2. The second-order valence-corrected chi connectivity index (χ2v) is 8.28. The van der Waals surface area contributed by atoms with Crippen LogP contribution in [0, 0.1) is 0 Å². The van der Waals surface area contributed by atoms with Gasteiger partial charge in [-0.3, -0.25) is 4.79 Å². The van der Waals surface area contributed by atoms with Crippen LogP contribution >= 0.6 is 11.3 Å². The summed E-state index contributed by atoms with van der Waals surface area (Å²) in [5.41, 5.74) is 2.45. The summed E-state index contributed by atoms with van der Waals surface area (Å²) in [7, 11) is 4.73. The summed E-state index contributed by atoms with van der Waals surface area (Å²) in [5.74, 6) is 2.93. The van der Waals surface area contributed by atoms with Gasteiger partial charge in [0, 0.05) is 17.7 Å². The molecule has 3 aromatic rings. The molecule has 1 N–H and O–H groups in total. The van der Waals surface area contributed by atoms with Gasteiger partial charge in [0.05, 0.1) is 26.2 Å². The molecule has 31 heavy (non-hydrogen) atoms. The van der Waals surface area contributed by atoms with Crippen molar-refractivity contribution in [3.8, 4) is 28.0 Å². The van der Waals surface area contributed by atoms with E-state index in [-0.39, 0.29) is 5.78 Å². The van der Waals surface area contributed by atoms with Crippen molar-refractivity contribution >= 4 is 23.1 Å². The van der Waals surface area contributed by atoms with Crippen molar-refractivity contribution in [1.29, 1.82) is 0 Å². The van der Waals surface area contributed by atoms with Gasteiger partial charge in [-0.25, -0.2) is 4.68 Å². The Morgan fingerprint density at radius 1 is 1.13 bits per heavy atom. The number of anilines is 1. The Morgan fingerprint density at radius 2 is 1.90 bits per heavy atom. The van der Waals surface area contributed by atoms with Crippen molar-refractivity contribution in [2.24, 2.45) is 0 Å². The van der Waals surface area contributed by atoms with Gasteiger partial charge >= 0.3 is 0 Å². The first-order valence-electron chi connectivity index (χ1n) is 9.98. The summed E-state index contributed by atoms with van der Waals surface area (Å²) >= 11 is 1.58. The minimum absolute atomic E-state index is 0.117. The average molecular weight is 439 g/mol. The molecule has 5 rings (SSSR count). The van der Waals surface area contributed by atoms with Gasteiger partial charge in [0.2, 0.25) is 11.7 Å². The third-order valence-corrected chi connectivity index (χ3v) is 6.48. The number of carbonyl (C=O) groups excluding carboxylic acids is 1. The molecule has 2 aromatic heterocycles. The van der Waals surface area contributed by atoms with E-state index in [9.17, 15) is 4.79 Å². The van der Waals surface area contributed by atoms with Crippen LogP contribution in [0.25, 0.3) is 10.7 Å². The predicted molar refractivity (Wildman–Crippen MR) is 117 cm³/mol. The van der Waals surface area contributed by atoms with E-state index in [1.807, 2.05) is 29.6 Å². The topological polar surface area (TPSA) is 87.5 Å². The lowest BCUT2D eigenvalue weighted by atomic mass is 9.85. The highest BCUT2D eigenvalue weighted by Gasteiger charge is 2.38. The van der Waals surface area contributed by atoms with E-state index < -0.39 is 6.04 Å². The number of rotatable bonds is 5. The monoisotopic (exact) mass is 438 g/mol. The number of hydrogen-bond acceptors (Lipinski definition) is 8. The molecule has 1 aliphatic heterocycles. The van der Waals surface area contributed by atoms with Crippen LogP contribution in [0.1, 0.15) is 30.9 Å². The molecule has 0 saturated heterocycles. The first kappa shape index (κ1) is 19.6. The lowest BCUT2D eigenvalue weighted by Crippen LogP contribution is -2.31. The van der Waals surface area contributed by atoms with Gasteiger partial charge in [0.1, 0.15) is 6.04 Å². The molecule has 0 fully saturated rings. The molecular formula is C22H22N4O4S. The summed E-state index contributed by atoms with van der Waals surface area (Å²) in [6.45, 7) is 0. The van der Waals surface area contributed by atoms with Crippen LogP contribution in [-0.2, 0) is 4.79 Å². The molecule has 1 aliphatic carbocycles. The average Bonchev–Trinajstić information content (AvgIpc) is 3.46.